The molecular formula is C11H24N2O2. The summed E-state index contributed by atoms with van der Waals surface area (Å²) in [6, 6.07) is -0.0626. The van der Waals surface area contributed by atoms with Crippen molar-refractivity contribution in [2.45, 2.75) is 46.3 Å². The lowest BCUT2D eigenvalue weighted by atomic mass is 10.0. The van der Waals surface area contributed by atoms with Crippen molar-refractivity contribution in [2.75, 3.05) is 13.2 Å². The molecule has 0 saturated heterocycles. The van der Waals surface area contributed by atoms with Gasteiger partial charge in [0.15, 0.2) is 0 Å². The summed E-state index contributed by atoms with van der Waals surface area (Å²) in [6.45, 7) is 9.13. The van der Waals surface area contributed by atoms with E-state index in [-0.39, 0.29) is 18.1 Å². The van der Waals surface area contributed by atoms with Crippen LogP contribution in [0.2, 0.25) is 0 Å². The van der Waals surface area contributed by atoms with Crippen molar-refractivity contribution in [3.8, 4) is 0 Å². The SMILES string of the molecule is CCOC(C)CNC(=O)CC(N)C(C)C. The zero-order valence-electron chi connectivity index (χ0n) is 10.2. The zero-order valence-corrected chi connectivity index (χ0v) is 10.2. The summed E-state index contributed by atoms with van der Waals surface area (Å²) < 4.78 is 5.30. The number of amides is 1. The second-order valence-electron chi connectivity index (χ2n) is 4.18. The van der Waals surface area contributed by atoms with Gasteiger partial charge in [0.2, 0.25) is 5.91 Å². The highest BCUT2D eigenvalue weighted by Gasteiger charge is 2.13. The van der Waals surface area contributed by atoms with Crippen molar-refractivity contribution in [3.05, 3.63) is 0 Å². The minimum Gasteiger partial charge on any atom is -0.377 e. The first-order chi connectivity index (χ1) is 6.97. The van der Waals surface area contributed by atoms with Gasteiger partial charge >= 0.3 is 0 Å². The molecule has 0 radical (unpaired) electrons. The standard InChI is InChI=1S/C11H24N2O2/c1-5-15-9(4)7-13-11(14)6-10(12)8(2)3/h8-10H,5-7,12H2,1-4H3,(H,13,14). The third kappa shape index (κ3) is 7.33. The van der Waals surface area contributed by atoms with E-state index in [1.54, 1.807) is 0 Å². The smallest absolute Gasteiger partial charge is 0.221 e. The molecule has 0 aliphatic carbocycles. The highest BCUT2D eigenvalue weighted by molar-refractivity contribution is 5.76. The van der Waals surface area contributed by atoms with E-state index < -0.39 is 0 Å². The minimum absolute atomic E-state index is 0.00255. The van der Waals surface area contributed by atoms with Crippen LogP contribution in [0.4, 0.5) is 0 Å². The molecule has 0 rings (SSSR count). The molecule has 0 spiro atoms. The number of nitrogens with one attached hydrogen (secondary N) is 1. The quantitative estimate of drug-likeness (QED) is 0.664. The number of carbonyl (C=O) groups is 1. The average Bonchev–Trinajstić information content (AvgIpc) is 2.15. The molecule has 0 aromatic heterocycles. The summed E-state index contributed by atoms with van der Waals surface area (Å²) in [5, 5.41) is 2.81. The van der Waals surface area contributed by atoms with Crippen molar-refractivity contribution in [2.24, 2.45) is 11.7 Å². The maximum absolute atomic E-state index is 11.4. The number of hydrogen-bond donors (Lipinski definition) is 2. The highest BCUT2D eigenvalue weighted by atomic mass is 16.5. The Morgan fingerprint density at radius 3 is 2.47 bits per heavy atom. The zero-order chi connectivity index (χ0) is 11.8. The summed E-state index contributed by atoms with van der Waals surface area (Å²) in [4.78, 5) is 11.4. The molecule has 4 nitrogen and oxygen atoms in total. The molecular weight excluding hydrogens is 192 g/mol. The lowest BCUT2D eigenvalue weighted by Crippen LogP contribution is -2.37. The highest BCUT2D eigenvalue weighted by Crippen LogP contribution is 2.02. The van der Waals surface area contributed by atoms with Gasteiger partial charge in [0, 0.05) is 25.6 Å². The Labute approximate surface area is 92.6 Å². The second-order valence-corrected chi connectivity index (χ2v) is 4.18. The van der Waals surface area contributed by atoms with Gasteiger partial charge < -0.3 is 15.8 Å². The summed E-state index contributed by atoms with van der Waals surface area (Å²) in [7, 11) is 0. The number of carbonyl (C=O) groups excluding carboxylic acids is 1. The van der Waals surface area contributed by atoms with E-state index in [9.17, 15) is 4.79 Å². The van der Waals surface area contributed by atoms with Gasteiger partial charge in [0.1, 0.15) is 0 Å². The van der Waals surface area contributed by atoms with Crippen LogP contribution in [-0.4, -0.2) is 31.2 Å². The fourth-order valence-electron chi connectivity index (χ4n) is 1.12. The molecule has 4 heteroatoms. The number of rotatable bonds is 7. The third-order valence-electron chi connectivity index (χ3n) is 2.32. The Balaban J connectivity index is 3.66. The molecule has 0 fully saturated rings. The Morgan fingerprint density at radius 2 is 2.00 bits per heavy atom. The fourth-order valence-corrected chi connectivity index (χ4v) is 1.12. The first-order valence-electron chi connectivity index (χ1n) is 5.61. The molecule has 3 N–H and O–H groups in total. The van der Waals surface area contributed by atoms with Crippen LogP contribution in [0, 0.1) is 5.92 Å². The van der Waals surface area contributed by atoms with Crippen molar-refractivity contribution < 1.29 is 9.53 Å². The lowest BCUT2D eigenvalue weighted by molar-refractivity contribution is -0.122. The van der Waals surface area contributed by atoms with Gasteiger partial charge in [-0.1, -0.05) is 13.8 Å². The molecule has 0 aromatic rings. The molecule has 90 valence electrons. The van der Waals surface area contributed by atoms with Gasteiger partial charge in [-0.3, -0.25) is 4.79 Å². The normalized spacial score (nSPS) is 15.1. The third-order valence-corrected chi connectivity index (χ3v) is 2.32. The molecule has 1 amide bonds. The molecule has 0 heterocycles. The second kappa shape index (κ2) is 7.65. The van der Waals surface area contributed by atoms with Gasteiger partial charge in [-0.15, -0.1) is 0 Å². The average molecular weight is 216 g/mol. The molecule has 2 atom stereocenters. The van der Waals surface area contributed by atoms with Crippen LogP contribution in [0.3, 0.4) is 0 Å². The van der Waals surface area contributed by atoms with Crippen molar-refractivity contribution in [1.82, 2.24) is 5.32 Å². The van der Waals surface area contributed by atoms with E-state index >= 15 is 0 Å². The summed E-state index contributed by atoms with van der Waals surface area (Å²) in [5.74, 6) is 0.336. The van der Waals surface area contributed by atoms with Crippen molar-refractivity contribution in [3.63, 3.8) is 0 Å². The monoisotopic (exact) mass is 216 g/mol. The lowest BCUT2D eigenvalue weighted by Gasteiger charge is -2.16. The minimum atomic E-state index is -0.0626. The summed E-state index contributed by atoms with van der Waals surface area (Å²) in [5.41, 5.74) is 5.79. The number of hydrogen-bond acceptors (Lipinski definition) is 3. The first-order valence-corrected chi connectivity index (χ1v) is 5.61. The van der Waals surface area contributed by atoms with Crippen LogP contribution in [0.5, 0.6) is 0 Å². The topological polar surface area (TPSA) is 64.3 Å². The number of nitrogens with two attached hydrogens (primary N) is 1. The summed E-state index contributed by atoms with van der Waals surface area (Å²) in [6.07, 6.45) is 0.450. The van der Waals surface area contributed by atoms with E-state index in [1.165, 1.54) is 0 Å². The van der Waals surface area contributed by atoms with Crippen LogP contribution in [0.25, 0.3) is 0 Å². The Morgan fingerprint density at radius 1 is 1.40 bits per heavy atom. The maximum atomic E-state index is 11.4. The Bertz CT molecular complexity index is 183. The molecule has 0 bridgehead atoms. The molecule has 2 unspecified atom stereocenters. The van der Waals surface area contributed by atoms with E-state index in [2.05, 4.69) is 5.32 Å². The fraction of sp³-hybridized carbons (Fsp3) is 0.909. The van der Waals surface area contributed by atoms with Crippen LogP contribution >= 0.6 is 0 Å². The van der Waals surface area contributed by atoms with Crippen LogP contribution in [0.1, 0.15) is 34.1 Å². The first kappa shape index (κ1) is 14.4. The number of ether oxygens (including phenoxy) is 1. The largest absolute Gasteiger partial charge is 0.377 e. The predicted molar refractivity (Wildman–Crippen MR) is 61.5 cm³/mol. The van der Waals surface area contributed by atoms with Gasteiger partial charge in [0.25, 0.3) is 0 Å². The van der Waals surface area contributed by atoms with Crippen molar-refractivity contribution >= 4 is 5.91 Å². The van der Waals surface area contributed by atoms with Gasteiger partial charge in [-0.25, -0.2) is 0 Å². The van der Waals surface area contributed by atoms with E-state index in [1.807, 2.05) is 27.7 Å². The predicted octanol–water partition coefficient (Wildman–Crippen LogP) is 0.901. The maximum Gasteiger partial charge on any atom is 0.221 e. The van der Waals surface area contributed by atoms with Gasteiger partial charge in [-0.2, -0.15) is 0 Å². The van der Waals surface area contributed by atoms with E-state index in [4.69, 9.17) is 10.5 Å². The van der Waals surface area contributed by atoms with E-state index in [0.717, 1.165) is 0 Å². The molecule has 0 saturated carbocycles. The van der Waals surface area contributed by atoms with Crippen LogP contribution in [-0.2, 0) is 9.53 Å². The van der Waals surface area contributed by atoms with Crippen LogP contribution < -0.4 is 11.1 Å². The van der Waals surface area contributed by atoms with Gasteiger partial charge in [0.05, 0.1) is 6.10 Å². The molecule has 0 aromatic carbocycles. The Kier molecular flexibility index (Phi) is 7.34. The molecule has 0 aliphatic heterocycles. The summed E-state index contributed by atoms with van der Waals surface area (Å²) >= 11 is 0. The Hall–Kier alpha value is -0.610. The molecule has 15 heavy (non-hydrogen) atoms. The van der Waals surface area contributed by atoms with E-state index in [0.29, 0.717) is 25.5 Å². The van der Waals surface area contributed by atoms with Gasteiger partial charge in [-0.05, 0) is 19.8 Å². The van der Waals surface area contributed by atoms with Crippen LogP contribution in [0.15, 0.2) is 0 Å². The van der Waals surface area contributed by atoms with Crippen molar-refractivity contribution in [1.29, 1.82) is 0 Å². The molecule has 0 aliphatic rings.